The van der Waals surface area contributed by atoms with Crippen molar-refractivity contribution < 1.29 is 9.53 Å². The highest BCUT2D eigenvalue weighted by molar-refractivity contribution is 5.81. The summed E-state index contributed by atoms with van der Waals surface area (Å²) in [6.07, 6.45) is 3.88. The van der Waals surface area contributed by atoms with Gasteiger partial charge in [-0.2, -0.15) is 0 Å². The summed E-state index contributed by atoms with van der Waals surface area (Å²) < 4.78 is 5.08. The minimum Gasteiger partial charge on any atom is -0.383 e. The molecule has 5 nitrogen and oxygen atoms in total. The predicted octanol–water partition coefficient (Wildman–Crippen LogP) is 0.113. The molecule has 0 radical (unpaired) electrons. The van der Waals surface area contributed by atoms with E-state index in [4.69, 9.17) is 10.6 Å². The molecule has 0 aromatic rings. The smallest absolute Gasteiger partial charge is 0.253 e. The molecule has 0 aromatic heterocycles. The van der Waals surface area contributed by atoms with Crippen LogP contribution in [0.3, 0.4) is 0 Å². The third-order valence-corrected chi connectivity index (χ3v) is 3.33. The van der Waals surface area contributed by atoms with Gasteiger partial charge >= 0.3 is 0 Å². The van der Waals surface area contributed by atoms with E-state index in [0.717, 1.165) is 19.0 Å². The van der Waals surface area contributed by atoms with Crippen LogP contribution in [0.5, 0.6) is 0 Å². The molecule has 5 heteroatoms. The van der Waals surface area contributed by atoms with Crippen molar-refractivity contribution in [3.8, 4) is 0 Å². The average molecular weight is 229 g/mol. The second kappa shape index (κ2) is 6.83. The Kier molecular flexibility index (Phi) is 5.73. The number of ether oxygens (including phenoxy) is 1. The number of amides is 1. The van der Waals surface area contributed by atoms with Gasteiger partial charge in [0.1, 0.15) is 6.04 Å². The van der Waals surface area contributed by atoms with Gasteiger partial charge in [-0.3, -0.25) is 15.1 Å². The molecule has 1 saturated carbocycles. The minimum absolute atomic E-state index is 0.164. The Balaban J connectivity index is 2.52. The summed E-state index contributed by atoms with van der Waals surface area (Å²) in [7, 11) is 1.61. The topological polar surface area (TPSA) is 67.6 Å². The number of hydrazine groups is 1. The van der Waals surface area contributed by atoms with Crippen LogP contribution in [-0.2, 0) is 9.53 Å². The quantitative estimate of drug-likeness (QED) is 0.369. The Morgan fingerprint density at radius 3 is 2.69 bits per heavy atom. The number of hydrogen-bond acceptors (Lipinski definition) is 4. The number of nitrogens with two attached hydrogens (primary N) is 1. The van der Waals surface area contributed by atoms with E-state index in [2.05, 4.69) is 17.2 Å². The molecule has 1 unspecified atom stereocenters. The molecule has 1 rings (SSSR count). The lowest BCUT2D eigenvalue weighted by atomic mass is 9.85. The van der Waals surface area contributed by atoms with Crippen molar-refractivity contribution in [2.24, 2.45) is 11.8 Å². The Hall–Kier alpha value is -0.650. The Bertz CT molecular complexity index is 219. The maximum atomic E-state index is 11.6. The van der Waals surface area contributed by atoms with E-state index < -0.39 is 0 Å². The molecule has 0 aromatic carbocycles. The van der Waals surface area contributed by atoms with Crippen LogP contribution in [-0.4, -0.2) is 43.7 Å². The number of methoxy groups -OCH3 is 1. The van der Waals surface area contributed by atoms with Crippen LogP contribution in [0.25, 0.3) is 0 Å². The van der Waals surface area contributed by atoms with E-state index in [1.54, 1.807) is 7.11 Å². The summed E-state index contributed by atoms with van der Waals surface area (Å²) >= 11 is 0. The van der Waals surface area contributed by atoms with Crippen LogP contribution in [0, 0.1) is 5.92 Å². The molecular weight excluding hydrogens is 206 g/mol. The minimum atomic E-state index is -0.263. The summed E-state index contributed by atoms with van der Waals surface area (Å²) in [5, 5.41) is 0. The number of likely N-dealkylation sites (N-methyl/N-ethyl adjacent to an activating group) is 1. The largest absolute Gasteiger partial charge is 0.383 e. The number of carbonyl (C=O) groups excluding carboxylic acids is 1. The molecule has 0 spiro atoms. The highest BCUT2D eigenvalue weighted by atomic mass is 16.5. The molecule has 1 amide bonds. The van der Waals surface area contributed by atoms with Crippen LogP contribution < -0.4 is 11.3 Å². The van der Waals surface area contributed by atoms with Crippen molar-refractivity contribution in [2.45, 2.75) is 32.2 Å². The molecule has 1 aliphatic rings. The average Bonchev–Trinajstić information content (AvgIpc) is 2.25. The number of carbonyl (C=O) groups is 1. The van der Waals surface area contributed by atoms with Crippen molar-refractivity contribution in [1.82, 2.24) is 10.3 Å². The van der Waals surface area contributed by atoms with Gasteiger partial charge in [-0.15, -0.1) is 0 Å². The van der Waals surface area contributed by atoms with Gasteiger partial charge < -0.3 is 4.74 Å². The third-order valence-electron chi connectivity index (χ3n) is 3.33. The van der Waals surface area contributed by atoms with Crippen LogP contribution in [0.4, 0.5) is 0 Å². The Morgan fingerprint density at radius 2 is 2.31 bits per heavy atom. The zero-order valence-electron chi connectivity index (χ0n) is 10.2. The molecule has 16 heavy (non-hydrogen) atoms. The van der Waals surface area contributed by atoms with Crippen LogP contribution in [0.1, 0.15) is 26.2 Å². The fourth-order valence-electron chi connectivity index (χ4n) is 2.08. The van der Waals surface area contributed by atoms with Gasteiger partial charge in [0.05, 0.1) is 6.61 Å². The maximum Gasteiger partial charge on any atom is 0.253 e. The summed E-state index contributed by atoms with van der Waals surface area (Å²) in [5.41, 5.74) is 2.21. The standard InChI is InChI=1S/C11H23N3O2/c1-3-14(7-9-5-4-6-9)10(8-16-2)11(15)13-12/h9-10H,3-8,12H2,1-2H3,(H,13,15). The van der Waals surface area contributed by atoms with Crippen molar-refractivity contribution in [3.05, 3.63) is 0 Å². The first-order valence-electron chi connectivity index (χ1n) is 5.96. The van der Waals surface area contributed by atoms with Crippen LogP contribution >= 0.6 is 0 Å². The molecule has 1 fully saturated rings. The van der Waals surface area contributed by atoms with E-state index in [9.17, 15) is 4.79 Å². The third kappa shape index (κ3) is 3.43. The normalized spacial score (nSPS) is 18.2. The van der Waals surface area contributed by atoms with Crippen LogP contribution in [0.2, 0.25) is 0 Å². The summed E-state index contributed by atoms with van der Waals surface area (Å²) in [5.74, 6) is 5.77. The van der Waals surface area contributed by atoms with E-state index in [0.29, 0.717) is 6.61 Å². The molecular formula is C11H23N3O2. The number of hydrogen-bond donors (Lipinski definition) is 2. The van der Waals surface area contributed by atoms with E-state index in [1.165, 1.54) is 19.3 Å². The molecule has 1 atom stereocenters. The fraction of sp³-hybridized carbons (Fsp3) is 0.909. The molecule has 0 saturated heterocycles. The second-order valence-electron chi connectivity index (χ2n) is 4.36. The predicted molar refractivity (Wildman–Crippen MR) is 62.6 cm³/mol. The zero-order valence-corrected chi connectivity index (χ0v) is 10.2. The van der Waals surface area contributed by atoms with Gasteiger partial charge in [-0.1, -0.05) is 13.3 Å². The zero-order chi connectivity index (χ0) is 12.0. The van der Waals surface area contributed by atoms with Gasteiger partial charge in [0.15, 0.2) is 0 Å². The van der Waals surface area contributed by atoms with Crippen molar-refractivity contribution in [1.29, 1.82) is 0 Å². The highest BCUT2D eigenvalue weighted by Gasteiger charge is 2.28. The van der Waals surface area contributed by atoms with Gasteiger partial charge in [-0.25, -0.2) is 5.84 Å². The fourth-order valence-corrected chi connectivity index (χ4v) is 2.08. The lowest BCUT2D eigenvalue weighted by Crippen LogP contribution is -2.52. The maximum absolute atomic E-state index is 11.6. The molecule has 94 valence electrons. The van der Waals surface area contributed by atoms with E-state index >= 15 is 0 Å². The van der Waals surface area contributed by atoms with Crippen LogP contribution in [0.15, 0.2) is 0 Å². The van der Waals surface area contributed by atoms with Crippen molar-refractivity contribution in [2.75, 3.05) is 26.8 Å². The number of nitrogens with one attached hydrogen (secondary N) is 1. The summed E-state index contributed by atoms with van der Waals surface area (Å²) in [6.45, 7) is 4.27. The van der Waals surface area contributed by atoms with E-state index in [1.807, 2.05) is 0 Å². The number of rotatable bonds is 7. The van der Waals surface area contributed by atoms with Crippen molar-refractivity contribution >= 4 is 5.91 Å². The summed E-state index contributed by atoms with van der Waals surface area (Å²) in [4.78, 5) is 13.8. The van der Waals surface area contributed by atoms with E-state index in [-0.39, 0.29) is 11.9 Å². The molecule has 1 aliphatic carbocycles. The number of nitrogens with zero attached hydrogens (tertiary/aromatic N) is 1. The first-order valence-corrected chi connectivity index (χ1v) is 5.96. The van der Waals surface area contributed by atoms with Crippen molar-refractivity contribution in [3.63, 3.8) is 0 Å². The van der Waals surface area contributed by atoms with Gasteiger partial charge in [0, 0.05) is 13.7 Å². The lowest BCUT2D eigenvalue weighted by molar-refractivity contribution is -0.128. The SMILES string of the molecule is CCN(CC1CCC1)C(COC)C(=O)NN. The molecule has 0 aliphatic heterocycles. The Morgan fingerprint density at radius 1 is 1.62 bits per heavy atom. The highest BCUT2D eigenvalue weighted by Crippen LogP contribution is 2.27. The summed E-state index contributed by atoms with van der Waals surface area (Å²) in [6, 6.07) is -0.263. The second-order valence-corrected chi connectivity index (χ2v) is 4.36. The molecule has 0 heterocycles. The Labute approximate surface area is 97.3 Å². The first-order chi connectivity index (χ1) is 7.72. The first kappa shape index (κ1) is 13.4. The van der Waals surface area contributed by atoms with Gasteiger partial charge in [0.2, 0.25) is 0 Å². The molecule has 0 bridgehead atoms. The monoisotopic (exact) mass is 229 g/mol. The lowest BCUT2D eigenvalue weighted by Gasteiger charge is -2.35. The van der Waals surface area contributed by atoms with Gasteiger partial charge in [-0.05, 0) is 25.3 Å². The van der Waals surface area contributed by atoms with Gasteiger partial charge in [0.25, 0.3) is 5.91 Å². The molecule has 3 N–H and O–H groups in total.